The van der Waals surface area contributed by atoms with Crippen LogP contribution in [0.4, 0.5) is 18.9 Å². The molecule has 0 bridgehead atoms. The van der Waals surface area contributed by atoms with E-state index in [2.05, 4.69) is 4.74 Å². The van der Waals surface area contributed by atoms with Crippen molar-refractivity contribution >= 4 is 27.5 Å². The van der Waals surface area contributed by atoms with Crippen LogP contribution >= 0.6 is 0 Å². The van der Waals surface area contributed by atoms with E-state index < -0.39 is 39.8 Å². The minimum absolute atomic E-state index is 0.110. The fourth-order valence-electron chi connectivity index (χ4n) is 5.18. The second-order valence-electron chi connectivity index (χ2n) is 11.0. The van der Waals surface area contributed by atoms with E-state index in [1.165, 1.54) is 24.3 Å². The summed E-state index contributed by atoms with van der Waals surface area (Å²) in [4.78, 5) is 25.1. The third-order valence-corrected chi connectivity index (χ3v) is 9.38. The van der Waals surface area contributed by atoms with E-state index in [0.717, 1.165) is 45.3 Å². The molecule has 0 saturated carbocycles. The number of carboxylic acid groups (broad SMARTS) is 1. The third-order valence-electron chi connectivity index (χ3n) is 7.59. The molecule has 0 radical (unpaired) electrons. The first-order chi connectivity index (χ1) is 22.9. The number of alkyl halides is 3. The van der Waals surface area contributed by atoms with Crippen LogP contribution in [0.3, 0.4) is 0 Å². The maximum Gasteiger partial charge on any atom is 0.573 e. The molecule has 1 N–H and O–H groups in total. The van der Waals surface area contributed by atoms with Gasteiger partial charge in [-0.05, 0) is 65.1 Å². The highest BCUT2D eigenvalue weighted by molar-refractivity contribution is 7.92. The fraction of sp³-hybridized carbons (Fsp3) is 0.135. The molecule has 1 atom stereocenters. The van der Waals surface area contributed by atoms with Crippen LogP contribution in [0.15, 0.2) is 138 Å². The Morgan fingerprint density at radius 3 is 1.94 bits per heavy atom. The summed E-state index contributed by atoms with van der Waals surface area (Å²) in [6, 6.07) is 35.4. The number of hydrogen-bond donors (Lipinski definition) is 1. The summed E-state index contributed by atoms with van der Waals surface area (Å²) in [5, 5.41) is 9.83. The molecule has 0 aliphatic carbocycles. The van der Waals surface area contributed by atoms with Gasteiger partial charge in [-0.1, -0.05) is 97.1 Å². The summed E-state index contributed by atoms with van der Waals surface area (Å²) in [6.07, 6.45) is -5.14. The number of Topliss-reactive ketones (excluding diaryl/α,β-unsaturated/α-hetero) is 1. The Morgan fingerprint density at radius 1 is 0.729 bits per heavy atom. The average Bonchev–Trinajstić information content (AvgIpc) is 3.07. The number of benzene rings is 5. The van der Waals surface area contributed by atoms with Crippen LogP contribution in [-0.4, -0.2) is 31.6 Å². The van der Waals surface area contributed by atoms with E-state index in [4.69, 9.17) is 0 Å². The lowest BCUT2D eigenvalue weighted by Gasteiger charge is -2.25. The average molecular weight is 674 g/mol. The number of ketones is 1. The molecule has 246 valence electrons. The van der Waals surface area contributed by atoms with Crippen molar-refractivity contribution in [1.82, 2.24) is 0 Å². The van der Waals surface area contributed by atoms with Gasteiger partial charge in [-0.25, -0.2) is 8.42 Å². The Labute approximate surface area is 275 Å². The second kappa shape index (κ2) is 14.6. The van der Waals surface area contributed by atoms with E-state index in [1.807, 2.05) is 42.5 Å². The number of nitrogens with zero attached hydrogens (tertiary/aromatic N) is 1. The van der Waals surface area contributed by atoms with Gasteiger partial charge in [0.05, 0.1) is 23.0 Å². The number of rotatable bonds is 13. The van der Waals surface area contributed by atoms with Crippen LogP contribution < -0.4 is 9.04 Å². The zero-order valence-electron chi connectivity index (χ0n) is 25.4. The van der Waals surface area contributed by atoms with Gasteiger partial charge in [0, 0.05) is 12.0 Å². The molecule has 0 saturated heterocycles. The van der Waals surface area contributed by atoms with Crippen LogP contribution in [0.5, 0.6) is 5.75 Å². The van der Waals surface area contributed by atoms with E-state index in [9.17, 15) is 36.3 Å². The lowest BCUT2D eigenvalue weighted by Crippen LogP contribution is -2.31. The highest BCUT2D eigenvalue weighted by atomic mass is 32.2. The minimum Gasteiger partial charge on any atom is -0.481 e. The molecule has 5 rings (SSSR count). The summed E-state index contributed by atoms with van der Waals surface area (Å²) in [5.41, 5.74) is 3.45. The maximum atomic E-state index is 14.1. The Morgan fingerprint density at radius 2 is 1.33 bits per heavy atom. The predicted octanol–water partition coefficient (Wildman–Crippen LogP) is 8.16. The monoisotopic (exact) mass is 673 g/mol. The maximum absolute atomic E-state index is 14.1. The Balaban J connectivity index is 1.47. The van der Waals surface area contributed by atoms with Crippen molar-refractivity contribution in [2.24, 2.45) is 5.92 Å². The smallest absolute Gasteiger partial charge is 0.481 e. The zero-order valence-corrected chi connectivity index (χ0v) is 26.2. The largest absolute Gasteiger partial charge is 0.573 e. The normalized spacial score (nSPS) is 12.2. The summed E-state index contributed by atoms with van der Waals surface area (Å²) in [6.45, 7) is -0.179. The van der Waals surface area contributed by atoms with Gasteiger partial charge < -0.3 is 9.84 Å². The number of anilines is 1. The molecular formula is C37H30F3NO6S. The summed E-state index contributed by atoms with van der Waals surface area (Å²) in [5.74, 6) is -3.22. The lowest BCUT2D eigenvalue weighted by molar-refractivity contribution is -0.274. The van der Waals surface area contributed by atoms with Crippen molar-refractivity contribution < 1.29 is 41.0 Å². The van der Waals surface area contributed by atoms with Crippen molar-refractivity contribution in [1.29, 1.82) is 0 Å². The standard InChI is InChI=1S/C37H30F3NO6S/c38-37(39,40)47-33-18-20-34(21-19-33)48(45,46)41(25-27-14-16-29(17-15-27)28-10-5-2-6-11-28)32-13-7-12-30(23-32)35(42)24-31(36(43)44)22-26-8-3-1-4-9-26/h1-21,23,31H,22,24-25H2,(H,43,44). The topological polar surface area (TPSA) is 101 Å². The summed E-state index contributed by atoms with van der Waals surface area (Å²) < 4.78 is 71.3. The molecule has 1 unspecified atom stereocenters. The van der Waals surface area contributed by atoms with E-state index in [0.29, 0.717) is 5.56 Å². The van der Waals surface area contributed by atoms with Crippen molar-refractivity contribution in [3.05, 3.63) is 150 Å². The molecule has 11 heteroatoms. The molecule has 0 aliphatic rings. The van der Waals surface area contributed by atoms with Crippen molar-refractivity contribution in [3.8, 4) is 16.9 Å². The van der Waals surface area contributed by atoms with Gasteiger partial charge in [0.25, 0.3) is 10.0 Å². The number of sulfonamides is 1. The number of hydrogen-bond acceptors (Lipinski definition) is 5. The summed E-state index contributed by atoms with van der Waals surface area (Å²) in [7, 11) is -4.40. The van der Waals surface area contributed by atoms with Gasteiger partial charge in [0.15, 0.2) is 5.78 Å². The van der Waals surface area contributed by atoms with Crippen LogP contribution in [0, 0.1) is 5.92 Å². The molecule has 0 spiro atoms. The second-order valence-corrected chi connectivity index (χ2v) is 12.9. The molecule has 0 amide bonds. The molecule has 0 aromatic heterocycles. The molecule has 7 nitrogen and oxygen atoms in total. The van der Waals surface area contributed by atoms with E-state index >= 15 is 0 Å². The van der Waals surface area contributed by atoms with Crippen LogP contribution in [0.2, 0.25) is 0 Å². The number of aliphatic carboxylic acids is 1. The number of carbonyl (C=O) groups is 2. The lowest BCUT2D eigenvalue weighted by atomic mass is 9.92. The van der Waals surface area contributed by atoms with Gasteiger partial charge in [-0.2, -0.15) is 0 Å². The number of carbonyl (C=O) groups excluding carboxylic acids is 1. The highest BCUT2D eigenvalue weighted by Crippen LogP contribution is 2.31. The molecular weight excluding hydrogens is 643 g/mol. The molecule has 0 heterocycles. The first-order valence-electron chi connectivity index (χ1n) is 14.8. The Hall–Kier alpha value is -5.42. The van der Waals surface area contributed by atoms with Crippen molar-refractivity contribution in [3.63, 3.8) is 0 Å². The van der Waals surface area contributed by atoms with Gasteiger partial charge in [-0.3, -0.25) is 13.9 Å². The van der Waals surface area contributed by atoms with Gasteiger partial charge in [0.2, 0.25) is 0 Å². The highest BCUT2D eigenvalue weighted by Gasteiger charge is 2.32. The summed E-state index contributed by atoms with van der Waals surface area (Å²) >= 11 is 0. The van der Waals surface area contributed by atoms with Gasteiger partial charge >= 0.3 is 12.3 Å². The third kappa shape index (κ3) is 8.68. The Kier molecular flexibility index (Phi) is 10.3. The molecule has 5 aromatic rings. The number of carboxylic acids is 1. The van der Waals surface area contributed by atoms with Crippen LogP contribution in [0.1, 0.15) is 27.9 Å². The Bertz CT molecular complexity index is 1970. The first kappa shape index (κ1) is 33.9. The van der Waals surface area contributed by atoms with Crippen molar-refractivity contribution in [2.75, 3.05) is 4.31 Å². The van der Waals surface area contributed by atoms with E-state index in [1.54, 1.807) is 42.5 Å². The number of halogens is 3. The quantitative estimate of drug-likeness (QED) is 0.127. The molecule has 0 fully saturated rings. The first-order valence-corrected chi connectivity index (χ1v) is 16.3. The fourth-order valence-corrected chi connectivity index (χ4v) is 6.62. The van der Waals surface area contributed by atoms with Crippen LogP contribution in [-0.2, 0) is 27.8 Å². The SMILES string of the molecule is O=C(CC(Cc1ccccc1)C(=O)O)c1cccc(N(Cc2ccc(-c3ccccc3)cc2)S(=O)(=O)c2ccc(OC(F)(F)F)cc2)c1. The van der Waals surface area contributed by atoms with E-state index in [-0.39, 0.29) is 35.5 Å². The predicted molar refractivity (Wildman–Crippen MR) is 175 cm³/mol. The van der Waals surface area contributed by atoms with Gasteiger partial charge in [-0.15, -0.1) is 13.2 Å². The number of ether oxygens (including phenoxy) is 1. The molecule has 5 aromatic carbocycles. The zero-order chi connectivity index (χ0) is 34.3. The minimum atomic E-state index is -4.95. The van der Waals surface area contributed by atoms with Crippen molar-refractivity contribution in [2.45, 2.75) is 30.6 Å². The van der Waals surface area contributed by atoms with Gasteiger partial charge in [0.1, 0.15) is 5.75 Å². The molecule has 48 heavy (non-hydrogen) atoms. The van der Waals surface area contributed by atoms with Crippen LogP contribution in [0.25, 0.3) is 11.1 Å². The molecule has 0 aliphatic heterocycles.